The summed E-state index contributed by atoms with van der Waals surface area (Å²) in [6.07, 6.45) is 7.50. The smallest absolute Gasteiger partial charge is 0.328 e. The second-order valence-electron chi connectivity index (χ2n) is 6.98. The van der Waals surface area contributed by atoms with Crippen LogP contribution in [0.1, 0.15) is 58.3 Å². The first-order valence-corrected chi connectivity index (χ1v) is 8.23. The second kappa shape index (κ2) is 5.59. The molecule has 0 aromatic heterocycles. The van der Waals surface area contributed by atoms with Crippen LogP contribution in [0.4, 0.5) is 0 Å². The van der Waals surface area contributed by atoms with Gasteiger partial charge in [-0.15, -0.1) is 0 Å². The summed E-state index contributed by atoms with van der Waals surface area (Å²) in [7, 11) is 0. The van der Waals surface area contributed by atoms with E-state index < -0.39 is 17.7 Å². The van der Waals surface area contributed by atoms with Crippen LogP contribution >= 0.6 is 0 Å². The van der Waals surface area contributed by atoms with Gasteiger partial charge in [-0.3, -0.25) is 9.69 Å². The number of rotatable bonds is 2. The molecule has 1 N–H and O–H groups in total. The zero-order valence-corrected chi connectivity index (χ0v) is 12.7. The molecule has 5 heteroatoms. The van der Waals surface area contributed by atoms with Crippen molar-refractivity contribution in [2.75, 3.05) is 6.61 Å². The Morgan fingerprint density at radius 1 is 1.14 bits per heavy atom. The number of carbonyl (C=O) groups excluding carboxylic acids is 1. The van der Waals surface area contributed by atoms with E-state index in [1.807, 2.05) is 0 Å². The number of carboxylic acid groups (broad SMARTS) is 1. The summed E-state index contributed by atoms with van der Waals surface area (Å²) in [6, 6.07) is -0.800. The molecule has 3 fully saturated rings. The minimum atomic E-state index is -0.933. The van der Waals surface area contributed by atoms with E-state index in [-0.39, 0.29) is 18.4 Å². The molecule has 1 atom stereocenters. The highest BCUT2D eigenvalue weighted by atomic mass is 16.5. The third-order valence-electron chi connectivity index (χ3n) is 5.54. The van der Waals surface area contributed by atoms with Crippen LogP contribution in [0, 0.1) is 11.8 Å². The summed E-state index contributed by atoms with van der Waals surface area (Å²) in [5.41, 5.74) is -0.644. The molecule has 21 heavy (non-hydrogen) atoms. The predicted molar refractivity (Wildman–Crippen MR) is 76.5 cm³/mol. The number of aliphatic carboxylic acids is 1. The molecule has 2 saturated carbocycles. The van der Waals surface area contributed by atoms with Gasteiger partial charge in [-0.05, 0) is 44.4 Å². The first-order valence-electron chi connectivity index (χ1n) is 8.23. The molecule has 0 aromatic carbocycles. The van der Waals surface area contributed by atoms with Crippen LogP contribution in [-0.2, 0) is 14.3 Å². The molecule has 2 aliphatic carbocycles. The molecule has 3 rings (SSSR count). The molecule has 0 radical (unpaired) electrons. The highest BCUT2D eigenvalue weighted by Gasteiger charge is 2.54. The quantitative estimate of drug-likeness (QED) is 0.849. The van der Waals surface area contributed by atoms with Crippen LogP contribution in [0.15, 0.2) is 0 Å². The zero-order chi connectivity index (χ0) is 15.0. The summed E-state index contributed by atoms with van der Waals surface area (Å²) >= 11 is 0. The summed E-state index contributed by atoms with van der Waals surface area (Å²) in [5.74, 6) is -0.278. The van der Waals surface area contributed by atoms with Gasteiger partial charge in [0.1, 0.15) is 5.72 Å². The molecule has 1 aliphatic heterocycles. The number of carboxylic acids is 1. The molecule has 0 bridgehead atoms. The van der Waals surface area contributed by atoms with Crippen LogP contribution in [0.2, 0.25) is 0 Å². The fourth-order valence-corrected chi connectivity index (χ4v) is 4.17. The predicted octanol–water partition coefficient (Wildman–Crippen LogP) is 2.40. The largest absolute Gasteiger partial charge is 0.480 e. The maximum absolute atomic E-state index is 12.9. The van der Waals surface area contributed by atoms with Crippen molar-refractivity contribution >= 4 is 11.9 Å². The molecular weight excluding hydrogens is 270 g/mol. The highest BCUT2D eigenvalue weighted by Crippen LogP contribution is 2.44. The monoisotopic (exact) mass is 295 g/mol. The molecule has 0 unspecified atom stereocenters. The van der Waals surface area contributed by atoms with Gasteiger partial charge in [0.15, 0.2) is 6.04 Å². The minimum Gasteiger partial charge on any atom is -0.480 e. The van der Waals surface area contributed by atoms with Crippen molar-refractivity contribution in [3.05, 3.63) is 0 Å². The Balaban J connectivity index is 1.85. The Kier molecular flexibility index (Phi) is 3.95. The molecule has 1 heterocycles. The average Bonchev–Trinajstić information content (AvgIpc) is 3.10. The lowest BCUT2D eigenvalue weighted by molar-refractivity contribution is -0.168. The van der Waals surface area contributed by atoms with E-state index in [0.717, 1.165) is 51.4 Å². The fraction of sp³-hybridized carbons (Fsp3) is 0.875. The Morgan fingerprint density at radius 3 is 2.33 bits per heavy atom. The lowest BCUT2D eigenvalue weighted by Crippen LogP contribution is -2.56. The number of amides is 1. The van der Waals surface area contributed by atoms with Gasteiger partial charge in [-0.2, -0.15) is 0 Å². The van der Waals surface area contributed by atoms with Crippen LogP contribution < -0.4 is 0 Å². The van der Waals surface area contributed by atoms with Crippen LogP contribution in [-0.4, -0.2) is 40.3 Å². The van der Waals surface area contributed by atoms with Gasteiger partial charge in [0.25, 0.3) is 0 Å². The van der Waals surface area contributed by atoms with Crippen molar-refractivity contribution in [2.45, 2.75) is 70.1 Å². The molecule has 118 valence electrons. The molecule has 1 spiro atoms. The third-order valence-corrected chi connectivity index (χ3v) is 5.54. The topological polar surface area (TPSA) is 66.8 Å². The van der Waals surface area contributed by atoms with Crippen LogP contribution in [0.3, 0.4) is 0 Å². The summed E-state index contributed by atoms with van der Waals surface area (Å²) < 4.78 is 5.92. The lowest BCUT2D eigenvalue weighted by atomic mass is 9.83. The molecular formula is C16H25NO4. The van der Waals surface area contributed by atoms with Crippen LogP contribution in [0.25, 0.3) is 0 Å². The lowest BCUT2D eigenvalue weighted by Gasteiger charge is -2.43. The maximum Gasteiger partial charge on any atom is 0.328 e. The van der Waals surface area contributed by atoms with Crippen molar-refractivity contribution in [3.63, 3.8) is 0 Å². The van der Waals surface area contributed by atoms with E-state index in [9.17, 15) is 14.7 Å². The summed E-state index contributed by atoms with van der Waals surface area (Å²) in [5, 5.41) is 9.47. The molecule has 1 amide bonds. The van der Waals surface area contributed by atoms with Gasteiger partial charge in [0, 0.05) is 5.92 Å². The van der Waals surface area contributed by atoms with Gasteiger partial charge in [-0.25, -0.2) is 4.79 Å². The standard InChI is InChI=1S/C16H25NO4/c1-11-6-8-16(9-7-11)17(13(10-21-16)15(19)20)14(18)12-4-2-3-5-12/h11-13H,2-10H2,1H3,(H,19,20)/t11?,13-,16?/m1/s1. The Labute approximate surface area is 125 Å². The number of hydrogen-bond acceptors (Lipinski definition) is 3. The highest BCUT2D eigenvalue weighted by molar-refractivity contribution is 5.86. The number of nitrogens with zero attached hydrogens (tertiary/aromatic N) is 1. The normalized spacial score (nSPS) is 37.3. The minimum absolute atomic E-state index is 0.00442. The summed E-state index contributed by atoms with van der Waals surface area (Å²) in [6.45, 7) is 2.35. The van der Waals surface area contributed by atoms with Crippen molar-refractivity contribution in [1.82, 2.24) is 4.90 Å². The molecule has 1 saturated heterocycles. The number of hydrogen-bond donors (Lipinski definition) is 1. The van der Waals surface area contributed by atoms with Gasteiger partial charge in [0.05, 0.1) is 6.61 Å². The van der Waals surface area contributed by atoms with E-state index >= 15 is 0 Å². The molecule has 5 nitrogen and oxygen atoms in total. The van der Waals surface area contributed by atoms with E-state index in [2.05, 4.69) is 6.92 Å². The van der Waals surface area contributed by atoms with Crippen molar-refractivity contribution in [1.29, 1.82) is 0 Å². The second-order valence-corrected chi connectivity index (χ2v) is 6.98. The van der Waals surface area contributed by atoms with E-state index in [1.165, 1.54) is 0 Å². The zero-order valence-electron chi connectivity index (χ0n) is 12.7. The van der Waals surface area contributed by atoms with Gasteiger partial charge in [0.2, 0.25) is 5.91 Å². The van der Waals surface area contributed by atoms with Crippen LogP contribution in [0.5, 0.6) is 0 Å². The van der Waals surface area contributed by atoms with E-state index in [1.54, 1.807) is 4.90 Å². The fourth-order valence-electron chi connectivity index (χ4n) is 4.17. The van der Waals surface area contributed by atoms with Gasteiger partial charge < -0.3 is 9.84 Å². The Morgan fingerprint density at radius 2 is 1.76 bits per heavy atom. The first-order chi connectivity index (χ1) is 10.0. The van der Waals surface area contributed by atoms with Crippen molar-refractivity contribution in [3.8, 4) is 0 Å². The third kappa shape index (κ3) is 2.56. The van der Waals surface area contributed by atoms with Gasteiger partial charge in [-0.1, -0.05) is 19.8 Å². The first kappa shape index (κ1) is 14.8. The SMILES string of the molecule is CC1CCC2(CC1)OC[C@H](C(=O)O)N2C(=O)C1CCCC1. The number of carbonyl (C=O) groups is 2. The average molecular weight is 295 g/mol. The summed E-state index contributed by atoms with van der Waals surface area (Å²) in [4.78, 5) is 26.1. The molecule has 0 aromatic rings. The van der Waals surface area contributed by atoms with Crippen molar-refractivity contribution in [2.24, 2.45) is 11.8 Å². The molecule has 3 aliphatic rings. The van der Waals surface area contributed by atoms with E-state index in [0.29, 0.717) is 5.92 Å². The van der Waals surface area contributed by atoms with Gasteiger partial charge >= 0.3 is 5.97 Å². The van der Waals surface area contributed by atoms with Crippen molar-refractivity contribution < 1.29 is 19.4 Å². The van der Waals surface area contributed by atoms with E-state index in [4.69, 9.17) is 4.74 Å². The Hall–Kier alpha value is -1.10. The Bertz CT molecular complexity index is 422. The number of ether oxygens (including phenoxy) is 1. The maximum atomic E-state index is 12.9.